The van der Waals surface area contributed by atoms with Gasteiger partial charge in [-0.25, -0.2) is 4.79 Å². The van der Waals surface area contributed by atoms with Crippen LogP contribution in [0.5, 0.6) is 17.2 Å². The van der Waals surface area contributed by atoms with Gasteiger partial charge >= 0.3 is 5.97 Å². The van der Waals surface area contributed by atoms with Crippen molar-refractivity contribution in [3.8, 4) is 17.2 Å². The van der Waals surface area contributed by atoms with Crippen LogP contribution in [0.4, 0.5) is 0 Å². The van der Waals surface area contributed by atoms with Crippen molar-refractivity contribution in [1.82, 2.24) is 0 Å². The molecule has 0 aliphatic carbocycles. The smallest absolute Gasteiger partial charge is 0.342 e. The van der Waals surface area contributed by atoms with Gasteiger partial charge in [0.25, 0.3) is 0 Å². The topological polar surface area (TPSA) is 54.0 Å². The summed E-state index contributed by atoms with van der Waals surface area (Å²) in [5.74, 6) is 0.709. The third kappa shape index (κ3) is 4.07. The first-order chi connectivity index (χ1) is 11.1. The van der Waals surface area contributed by atoms with E-state index in [1.54, 1.807) is 24.3 Å². The molecule has 0 saturated carbocycles. The van der Waals surface area contributed by atoms with E-state index in [-0.39, 0.29) is 12.2 Å². The van der Waals surface area contributed by atoms with Crippen molar-refractivity contribution in [3.63, 3.8) is 0 Å². The maximum atomic E-state index is 12.3. The van der Waals surface area contributed by atoms with Gasteiger partial charge in [-0.05, 0) is 17.7 Å². The Balaban J connectivity index is 2.21. The molecule has 0 aliphatic rings. The molecule has 0 aromatic heterocycles. The molecule has 0 bridgehead atoms. The number of ether oxygens (including phenoxy) is 4. The molecule has 0 spiro atoms. The standard InChI is InChI=1S/C17H17ClO5/c1-20-14-9-16(22-3)15(21-2)8-13(14)17(19)23-10-11-5-4-6-12(18)7-11/h4-9H,10H2,1-3H3. The summed E-state index contributed by atoms with van der Waals surface area (Å²) in [5.41, 5.74) is 1.05. The van der Waals surface area contributed by atoms with Crippen LogP contribution in [0.1, 0.15) is 15.9 Å². The minimum atomic E-state index is -0.525. The van der Waals surface area contributed by atoms with Crippen LogP contribution in [0.3, 0.4) is 0 Å². The largest absolute Gasteiger partial charge is 0.496 e. The van der Waals surface area contributed by atoms with E-state index in [1.807, 2.05) is 6.07 Å². The molecule has 6 heteroatoms. The van der Waals surface area contributed by atoms with Gasteiger partial charge in [0, 0.05) is 17.2 Å². The molecule has 0 radical (unpaired) electrons. The maximum Gasteiger partial charge on any atom is 0.342 e. The van der Waals surface area contributed by atoms with Gasteiger partial charge in [-0.3, -0.25) is 0 Å². The highest BCUT2D eigenvalue weighted by atomic mass is 35.5. The van der Waals surface area contributed by atoms with Crippen LogP contribution in [-0.2, 0) is 11.3 Å². The summed E-state index contributed by atoms with van der Waals surface area (Å²) in [4.78, 5) is 12.3. The number of hydrogen-bond donors (Lipinski definition) is 0. The fourth-order valence-corrected chi connectivity index (χ4v) is 2.26. The molecule has 0 amide bonds. The summed E-state index contributed by atoms with van der Waals surface area (Å²) in [6.45, 7) is 0.108. The molecule has 0 N–H and O–H groups in total. The van der Waals surface area contributed by atoms with Gasteiger partial charge in [0.15, 0.2) is 11.5 Å². The molecule has 23 heavy (non-hydrogen) atoms. The highest BCUT2D eigenvalue weighted by Gasteiger charge is 2.19. The van der Waals surface area contributed by atoms with Crippen molar-refractivity contribution in [2.45, 2.75) is 6.61 Å². The molecule has 122 valence electrons. The molecule has 0 atom stereocenters. The van der Waals surface area contributed by atoms with Crippen molar-refractivity contribution in [1.29, 1.82) is 0 Å². The Bertz CT molecular complexity index is 699. The molecular weight excluding hydrogens is 320 g/mol. The molecule has 2 aromatic carbocycles. The zero-order valence-electron chi connectivity index (χ0n) is 13.1. The molecule has 0 unspecified atom stereocenters. The lowest BCUT2D eigenvalue weighted by molar-refractivity contribution is 0.0468. The van der Waals surface area contributed by atoms with Gasteiger partial charge in [0.05, 0.1) is 21.3 Å². The summed E-state index contributed by atoms with van der Waals surface area (Å²) >= 11 is 5.91. The molecule has 0 aliphatic heterocycles. The number of benzene rings is 2. The molecular formula is C17H17ClO5. The monoisotopic (exact) mass is 336 g/mol. The number of methoxy groups -OCH3 is 3. The Morgan fingerprint density at radius 2 is 1.61 bits per heavy atom. The summed E-state index contributed by atoms with van der Waals surface area (Å²) in [5, 5.41) is 0.585. The van der Waals surface area contributed by atoms with E-state index >= 15 is 0 Å². The quantitative estimate of drug-likeness (QED) is 0.752. The van der Waals surface area contributed by atoms with Gasteiger partial charge in [0.1, 0.15) is 17.9 Å². The third-order valence-electron chi connectivity index (χ3n) is 3.18. The zero-order valence-corrected chi connectivity index (χ0v) is 13.8. The molecule has 0 saturated heterocycles. The first-order valence-electron chi connectivity index (χ1n) is 6.80. The predicted molar refractivity (Wildman–Crippen MR) is 86.7 cm³/mol. The number of carbonyl (C=O) groups excluding carboxylic acids is 1. The minimum Gasteiger partial charge on any atom is -0.496 e. The summed E-state index contributed by atoms with van der Waals surface area (Å²) < 4.78 is 20.9. The van der Waals surface area contributed by atoms with E-state index in [4.69, 9.17) is 30.5 Å². The lowest BCUT2D eigenvalue weighted by Gasteiger charge is -2.13. The van der Waals surface area contributed by atoms with Gasteiger partial charge in [-0.1, -0.05) is 23.7 Å². The first-order valence-corrected chi connectivity index (χ1v) is 7.18. The Morgan fingerprint density at radius 1 is 0.957 bits per heavy atom. The highest BCUT2D eigenvalue weighted by molar-refractivity contribution is 6.30. The van der Waals surface area contributed by atoms with Crippen molar-refractivity contribution in [3.05, 3.63) is 52.5 Å². The lowest BCUT2D eigenvalue weighted by Crippen LogP contribution is -2.08. The van der Waals surface area contributed by atoms with E-state index in [0.29, 0.717) is 22.3 Å². The van der Waals surface area contributed by atoms with E-state index in [1.165, 1.54) is 27.4 Å². The van der Waals surface area contributed by atoms with E-state index in [2.05, 4.69) is 0 Å². The van der Waals surface area contributed by atoms with E-state index in [0.717, 1.165) is 5.56 Å². The van der Waals surface area contributed by atoms with Crippen molar-refractivity contribution >= 4 is 17.6 Å². The summed E-state index contributed by atoms with van der Waals surface area (Å²) in [7, 11) is 4.47. The second-order valence-electron chi connectivity index (χ2n) is 4.61. The second-order valence-corrected chi connectivity index (χ2v) is 5.05. The average molecular weight is 337 g/mol. The Hall–Kier alpha value is -2.40. The van der Waals surface area contributed by atoms with Gasteiger partial charge in [-0.15, -0.1) is 0 Å². The van der Waals surface area contributed by atoms with Crippen LogP contribution in [0.25, 0.3) is 0 Å². The summed E-state index contributed by atoms with van der Waals surface area (Å²) in [6, 6.07) is 10.2. The normalized spacial score (nSPS) is 10.1. The number of esters is 1. The number of halogens is 1. The van der Waals surface area contributed by atoms with Crippen molar-refractivity contribution < 1.29 is 23.7 Å². The van der Waals surface area contributed by atoms with Crippen molar-refractivity contribution in [2.24, 2.45) is 0 Å². The minimum absolute atomic E-state index is 0.108. The summed E-state index contributed by atoms with van der Waals surface area (Å²) in [6.07, 6.45) is 0. The predicted octanol–water partition coefficient (Wildman–Crippen LogP) is 3.72. The van der Waals surface area contributed by atoms with Gasteiger partial charge in [0.2, 0.25) is 0 Å². The van der Waals surface area contributed by atoms with Crippen LogP contribution in [0, 0.1) is 0 Å². The Kier molecular flexibility index (Phi) is 5.71. The number of carbonyl (C=O) groups is 1. The Morgan fingerprint density at radius 3 is 2.22 bits per heavy atom. The van der Waals surface area contributed by atoms with Crippen LogP contribution in [0.15, 0.2) is 36.4 Å². The van der Waals surface area contributed by atoms with Gasteiger partial charge < -0.3 is 18.9 Å². The first kappa shape index (κ1) is 17.0. The average Bonchev–Trinajstić information content (AvgIpc) is 2.58. The number of rotatable bonds is 6. The molecule has 2 aromatic rings. The molecule has 0 fully saturated rings. The fourth-order valence-electron chi connectivity index (χ4n) is 2.04. The third-order valence-corrected chi connectivity index (χ3v) is 3.42. The molecule has 2 rings (SSSR count). The van der Waals surface area contributed by atoms with Crippen LogP contribution < -0.4 is 14.2 Å². The Labute approximate surface area is 139 Å². The van der Waals surface area contributed by atoms with E-state index < -0.39 is 5.97 Å². The molecule has 0 heterocycles. The zero-order chi connectivity index (χ0) is 16.8. The van der Waals surface area contributed by atoms with E-state index in [9.17, 15) is 4.79 Å². The SMILES string of the molecule is COc1cc(OC)c(C(=O)OCc2cccc(Cl)c2)cc1OC. The second kappa shape index (κ2) is 7.74. The van der Waals surface area contributed by atoms with Crippen LogP contribution >= 0.6 is 11.6 Å². The van der Waals surface area contributed by atoms with Crippen LogP contribution in [-0.4, -0.2) is 27.3 Å². The number of hydrogen-bond acceptors (Lipinski definition) is 5. The molecule has 5 nitrogen and oxygen atoms in total. The highest BCUT2D eigenvalue weighted by Crippen LogP contribution is 2.35. The maximum absolute atomic E-state index is 12.3. The van der Waals surface area contributed by atoms with Crippen LogP contribution in [0.2, 0.25) is 5.02 Å². The van der Waals surface area contributed by atoms with Crippen molar-refractivity contribution in [2.75, 3.05) is 21.3 Å². The lowest BCUT2D eigenvalue weighted by atomic mass is 10.1. The van der Waals surface area contributed by atoms with Gasteiger partial charge in [-0.2, -0.15) is 0 Å². The fraction of sp³-hybridized carbons (Fsp3) is 0.235.